The van der Waals surface area contributed by atoms with Crippen molar-refractivity contribution in [2.45, 2.75) is 130 Å². The Labute approximate surface area is 199 Å². The molecule has 1 heteroatoms. The summed E-state index contributed by atoms with van der Waals surface area (Å²) in [5, 5.41) is 1.66. The summed E-state index contributed by atoms with van der Waals surface area (Å²) < 4.78 is 0. The first-order valence-electron chi connectivity index (χ1n) is 14.0. The second-order valence-corrected chi connectivity index (χ2v) is 15.2. The quantitative estimate of drug-likeness (QED) is 0.352. The Morgan fingerprint density at radius 2 is 1.71 bits per heavy atom. The molecule has 3 saturated carbocycles. The van der Waals surface area contributed by atoms with E-state index in [9.17, 15) is 0 Å². The summed E-state index contributed by atoms with van der Waals surface area (Å²) >= 11 is 2.24. The monoisotopic (exact) mass is 444 g/mol. The Morgan fingerprint density at radius 1 is 0.935 bits per heavy atom. The molecule has 4 rings (SSSR count). The molecule has 4 aliphatic carbocycles. The van der Waals surface area contributed by atoms with Gasteiger partial charge in [0.05, 0.1) is 0 Å². The van der Waals surface area contributed by atoms with Crippen molar-refractivity contribution in [2.24, 2.45) is 46.3 Å². The highest BCUT2D eigenvalue weighted by Gasteiger charge is 2.59. The number of thioether (sulfide) groups is 1. The number of hydrogen-bond acceptors (Lipinski definition) is 1. The van der Waals surface area contributed by atoms with Crippen molar-refractivity contribution in [2.75, 3.05) is 0 Å². The van der Waals surface area contributed by atoms with Crippen LogP contribution >= 0.6 is 11.8 Å². The molecule has 0 amide bonds. The van der Waals surface area contributed by atoms with Gasteiger partial charge in [-0.2, -0.15) is 11.8 Å². The van der Waals surface area contributed by atoms with Crippen molar-refractivity contribution in [3.63, 3.8) is 0 Å². The van der Waals surface area contributed by atoms with Crippen LogP contribution in [-0.4, -0.2) is 10.5 Å². The van der Waals surface area contributed by atoms with E-state index in [0.717, 1.165) is 46.0 Å². The van der Waals surface area contributed by atoms with E-state index in [-0.39, 0.29) is 0 Å². The van der Waals surface area contributed by atoms with Gasteiger partial charge in [0.1, 0.15) is 0 Å². The number of allylic oxidation sites excluding steroid dienone is 2. The highest BCUT2D eigenvalue weighted by Crippen LogP contribution is 2.67. The Bertz CT molecular complexity index is 647. The van der Waals surface area contributed by atoms with E-state index in [1.807, 2.05) is 5.57 Å². The molecule has 0 bridgehead atoms. The first-order chi connectivity index (χ1) is 14.6. The molecular weight excluding hydrogens is 392 g/mol. The lowest BCUT2D eigenvalue weighted by atomic mass is 9.47. The fourth-order valence-corrected chi connectivity index (χ4v) is 10.5. The summed E-state index contributed by atoms with van der Waals surface area (Å²) in [7, 11) is 0. The third kappa shape index (κ3) is 4.57. The summed E-state index contributed by atoms with van der Waals surface area (Å²) in [5.74, 6) is 5.75. The summed E-state index contributed by atoms with van der Waals surface area (Å²) in [5.41, 5.74) is 3.03. The van der Waals surface area contributed by atoms with Crippen LogP contribution in [0.3, 0.4) is 0 Å². The minimum absolute atomic E-state index is 0.527. The number of rotatable bonds is 7. The molecule has 3 fully saturated rings. The van der Waals surface area contributed by atoms with E-state index < -0.39 is 0 Å². The van der Waals surface area contributed by atoms with Gasteiger partial charge in [0, 0.05) is 5.25 Å². The van der Waals surface area contributed by atoms with E-state index in [1.165, 1.54) is 70.6 Å². The molecule has 8 atom stereocenters. The molecule has 31 heavy (non-hydrogen) atoms. The third-order valence-electron chi connectivity index (χ3n) is 10.7. The highest BCUT2D eigenvalue weighted by atomic mass is 32.2. The lowest BCUT2D eigenvalue weighted by molar-refractivity contribution is -0.0497. The van der Waals surface area contributed by atoms with Crippen molar-refractivity contribution in [3.8, 4) is 0 Å². The lowest BCUT2D eigenvalue weighted by Crippen LogP contribution is -2.50. The van der Waals surface area contributed by atoms with Crippen LogP contribution in [0, 0.1) is 46.3 Å². The molecule has 0 aromatic carbocycles. The molecule has 0 spiro atoms. The van der Waals surface area contributed by atoms with Crippen molar-refractivity contribution >= 4 is 11.8 Å². The SMILES string of the molecule is CC(C)CCC[C@@H](C)[C@H]1CC[C@H]2[C@@H]3CC=C4C[C@@H](SC(C)C)CC[C@]4(C)[C@H]3CC[C@]12C. The Balaban J connectivity index is 1.46. The molecule has 0 saturated heterocycles. The summed E-state index contributed by atoms with van der Waals surface area (Å²) in [4.78, 5) is 0. The second-order valence-electron chi connectivity index (χ2n) is 13.3. The van der Waals surface area contributed by atoms with Gasteiger partial charge < -0.3 is 0 Å². The molecule has 0 heterocycles. The molecule has 0 N–H and O–H groups in total. The van der Waals surface area contributed by atoms with Crippen LogP contribution in [0.4, 0.5) is 0 Å². The van der Waals surface area contributed by atoms with Gasteiger partial charge >= 0.3 is 0 Å². The van der Waals surface area contributed by atoms with Gasteiger partial charge in [0.25, 0.3) is 0 Å². The molecule has 0 aromatic rings. The molecule has 0 unspecified atom stereocenters. The van der Waals surface area contributed by atoms with Gasteiger partial charge in [0.15, 0.2) is 0 Å². The van der Waals surface area contributed by atoms with Crippen LogP contribution in [-0.2, 0) is 0 Å². The van der Waals surface area contributed by atoms with Crippen molar-refractivity contribution < 1.29 is 0 Å². The Hall–Kier alpha value is 0.0900. The highest BCUT2D eigenvalue weighted by molar-refractivity contribution is 8.00. The predicted octanol–water partition coefficient (Wildman–Crippen LogP) is 9.54. The van der Waals surface area contributed by atoms with Crippen molar-refractivity contribution in [3.05, 3.63) is 11.6 Å². The molecule has 0 aliphatic heterocycles. The Morgan fingerprint density at radius 3 is 2.42 bits per heavy atom. The van der Waals surface area contributed by atoms with Crippen LogP contribution in [0.15, 0.2) is 11.6 Å². The summed E-state index contributed by atoms with van der Waals surface area (Å²) in [6, 6.07) is 0. The fraction of sp³-hybridized carbons (Fsp3) is 0.933. The van der Waals surface area contributed by atoms with Crippen LogP contribution in [0.2, 0.25) is 0 Å². The zero-order chi connectivity index (χ0) is 22.4. The summed E-state index contributed by atoms with van der Waals surface area (Å²) in [6.45, 7) is 17.6. The van der Waals surface area contributed by atoms with Crippen LogP contribution < -0.4 is 0 Å². The van der Waals surface area contributed by atoms with Gasteiger partial charge in [0.2, 0.25) is 0 Å². The lowest BCUT2D eigenvalue weighted by Gasteiger charge is -2.58. The standard InChI is InChI=1S/C30H52S/c1-20(2)9-8-10-22(5)26-13-14-27-25-12-11-23-19-24(31-21(3)4)15-17-29(23,6)28(25)16-18-30(26,27)7/h11,20-22,24-28H,8-10,12-19H2,1-7H3/t22-,24+,25+,26-,27+,28+,29+,30-/m1/s1. The van der Waals surface area contributed by atoms with E-state index in [0.29, 0.717) is 10.8 Å². The first-order valence-corrected chi connectivity index (χ1v) is 14.9. The molecular formula is C30H52S. The van der Waals surface area contributed by atoms with E-state index in [1.54, 1.807) is 0 Å². The number of hydrogen-bond donors (Lipinski definition) is 0. The predicted molar refractivity (Wildman–Crippen MR) is 140 cm³/mol. The molecule has 0 radical (unpaired) electrons. The van der Waals surface area contributed by atoms with E-state index >= 15 is 0 Å². The van der Waals surface area contributed by atoms with Crippen LogP contribution in [0.1, 0.15) is 119 Å². The molecule has 0 nitrogen and oxygen atoms in total. The smallest absolute Gasteiger partial charge is 0.00873 e. The number of fused-ring (bicyclic) bond motifs is 5. The minimum atomic E-state index is 0.527. The zero-order valence-corrected chi connectivity index (χ0v) is 22.7. The maximum Gasteiger partial charge on any atom is 0.00873 e. The molecule has 178 valence electrons. The Kier molecular flexibility index (Phi) is 7.33. The van der Waals surface area contributed by atoms with Crippen LogP contribution in [0.5, 0.6) is 0 Å². The normalized spacial score (nSPS) is 43.4. The van der Waals surface area contributed by atoms with Gasteiger partial charge in [-0.15, -0.1) is 0 Å². The van der Waals surface area contributed by atoms with Crippen molar-refractivity contribution in [1.29, 1.82) is 0 Å². The van der Waals surface area contributed by atoms with Gasteiger partial charge in [-0.05, 0) is 103 Å². The summed E-state index contributed by atoms with van der Waals surface area (Å²) in [6.07, 6.45) is 18.9. The largest absolute Gasteiger partial charge is 0.155 e. The van der Waals surface area contributed by atoms with Gasteiger partial charge in [-0.25, -0.2) is 0 Å². The van der Waals surface area contributed by atoms with Crippen molar-refractivity contribution in [1.82, 2.24) is 0 Å². The zero-order valence-electron chi connectivity index (χ0n) is 21.9. The average Bonchev–Trinajstić information content (AvgIpc) is 3.05. The second kappa shape index (κ2) is 9.38. The molecule has 4 aliphatic rings. The van der Waals surface area contributed by atoms with Crippen LogP contribution in [0.25, 0.3) is 0 Å². The topological polar surface area (TPSA) is 0 Å². The third-order valence-corrected chi connectivity index (χ3v) is 12.1. The van der Waals surface area contributed by atoms with Gasteiger partial charge in [-0.3, -0.25) is 0 Å². The average molecular weight is 445 g/mol. The maximum atomic E-state index is 2.78. The van der Waals surface area contributed by atoms with E-state index in [2.05, 4.69) is 66.3 Å². The minimum Gasteiger partial charge on any atom is -0.155 e. The fourth-order valence-electron chi connectivity index (χ4n) is 9.15. The first kappa shape index (κ1) is 24.2. The molecule has 0 aromatic heterocycles. The van der Waals surface area contributed by atoms with E-state index in [4.69, 9.17) is 0 Å². The van der Waals surface area contributed by atoms with Gasteiger partial charge in [-0.1, -0.05) is 79.4 Å². The maximum absolute atomic E-state index is 2.78.